The lowest BCUT2D eigenvalue weighted by atomic mass is 10.0. The predicted molar refractivity (Wildman–Crippen MR) is 163 cm³/mol. The average molecular weight is 580 g/mol. The van der Waals surface area contributed by atoms with Crippen molar-refractivity contribution in [3.63, 3.8) is 0 Å². The van der Waals surface area contributed by atoms with E-state index in [2.05, 4.69) is 62.6 Å². The lowest BCUT2D eigenvalue weighted by molar-refractivity contribution is -0.137. The van der Waals surface area contributed by atoms with Crippen molar-refractivity contribution in [2.75, 3.05) is 44.2 Å². The molecule has 2 aromatic carbocycles. The number of piperazine rings is 1. The number of halogens is 1. The number of rotatable bonds is 11. The van der Waals surface area contributed by atoms with E-state index in [0.29, 0.717) is 24.5 Å². The molecule has 3 N–H and O–H groups in total. The van der Waals surface area contributed by atoms with Gasteiger partial charge in [-0.1, -0.05) is 48.0 Å². The van der Waals surface area contributed by atoms with Crippen molar-refractivity contribution in [2.24, 2.45) is 0 Å². The standard InChI is InChI=1S/C31H38ClN5O2S/c32-25-11-9-23(10-12-25)21-28(35-30(38)27-7-3-14-34-27)31(39)37-18-16-36(17-19-37)29-8-2-1-5-24(29)22-33-15-13-26-6-4-20-40-26/h1-2,4-6,8-12,20,27-28,33-34H,3,7,13-19,21-22H2,(H,35,38)/t27?,28-/m1/s1. The molecule has 2 saturated heterocycles. The van der Waals surface area contributed by atoms with Crippen LogP contribution in [0.4, 0.5) is 5.69 Å². The molecule has 2 atom stereocenters. The molecule has 7 nitrogen and oxygen atoms in total. The van der Waals surface area contributed by atoms with Gasteiger partial charge in [0, 0.05) is 61.3 Å². The van der Waals surface area contributed by atoms with Crippen molar-refractivity contribution in [2.45, 2.75) is 44.3 Å². The smallest absolute Gasteiger partial charge is 0.245 e. The molecule has 5 rings (SSSR count). The van der Waals surface area contributed by atoms with Gasteiger partial charge in [0.15, 0.2) is 0 Å². The second-order valence-corrected chi connectivity index (χ2v) is 12.0. The first kappa shape index (κ1) is 28.6. The zero-order valence-electron chi connectivity index (χ0n) is 22.8. The van der Waals surface area contributed by atoms with Crippen LogP contribution in [0.25, 0.3) is 0 Å². The van der Waals surface area contributed by atoms with Crippen LogP contribution in [0.5, 0.6) is 0 Å². The third-order valence-corrected chi connectivity index (χ3v) is 8.90. The maximum Gasteiger partial charge on any atom is 0.245 e. The highest BCUT2D eigenvalue weighted by molar-refractivity contribution is 7.09. The van der Waals surface area contributed by atoms with Crippen molar-refractivity contribution in [3.05, 3.63) is 87.1 Å². The average Bonchev–Trinajstić information content (AvgIpc) is 3.71. The second-order valence-electron chi connectivity index (χ2n) is 10.5. The van der Waals surface area contributed by atoms with Gasteiger partial charge in [-0.15, -0.1) is 11.3 Å². The van der Waals surface area contributed by atoms with Gasteiger partial charge in [-0.25, -0.2) is 0 Å². The lowest BCUT2D eigenvalue weighted by Crippen LogP contribution is -2.57. The quantitative estimate of drug-likeness (QED) is 0.301. The summed E-state index contributed by atoms with van der Waals surface area (Å²) in [5, 5.41) is 12.7. The van der Waals surface area contributed by atoms with Crippen LogP contribution in [-0.2, 0) is 29.0 Å². The lowest BCUT2D eigenvalue weighted by Gasteiger charge is -2.38. The summed E-state index contributed by atoms with van der Waals surface area (Å²) in [6.45, 7) is 5.33. The van der Waals surface area contributed by atoms with Gasteiger partial charge in [-0.3, -0.25) is 9.59 Å². The molecule has 2 amide bonds. The summed E-state index contributed by atoms with van der Waals surface area (Å²) in [5.41, 5.74) is 3.46. The summed E-state index contributed by atoms with van der Waals surface area (Å²) >= 11 is 7.87. The van der Waals surface area contributed by atoms with Gasteiger partial charge in [-0.2, -0.15) is 0 Å². The van der Waals surface area contributed by atoms with Crippen molar-refractivity contribution >= 4 is 40.4 Å². The Hall–Kier alpha value is -2.91. The van der Waals surface area contributed by atoms with Crippen molar-refractivity contribution < 1.29 is 9.59 Å². The normalized spacial score (nSPS) is 18.1. The Morgan fingerprint density at radius 2 is 1.82 bits per heavy atom. The van der Waals surface area contributed by atoms with Crippen LogP contribution in [0.15, 0.2) is 66.0 Å². The van der Waals surface area contributed by atoms with Crippen LogP contribution in [0.3, 0.4) is 0 Å². The molecule has 1 aromatic heterocycles. The van der Waals surface area contributed by atoms with Crippen LogP contribution in [0, 0.1) is 0 Å². The fraction of sp³-hybridized carbons (Fsp3) is 0.419. The highest BCUT2D eigenvalue weighted by atomic mass is 35.5. The number of amides is 2. The number of nitrogens with one attached hydrogen (secondary N) is 3. The third-order valence-electron chi connectivity index (χ3n) is 7.71. The van der Waals surface area contributed by atoms with E-state index < -0.39 is 6.04 Å². The SMILES string of the molecule is O=C(N[C@H](Cc1ccc(Cl)cc1)C(=O)N1CCN(c2ccccc2CNCCc2cccs2)CC1)C1CCCN1. The molecule has 0 aliphatic carbocycles. The second kappa shape index (κ2) is 14.1. The molecule has 40 heavy (non-hydrogen) atoms. The van der Waals surface area contributed by atoms with Gasteiger partial charge in [-0.05, 0) is 66.6 Å². The molecule has 212 valence electrons. The minimum Gasteiger partial charge on any atom is -0.368 e. The van der Waals surface area contributed by atoms with E-state index in [4.69, 9.17) is 11.6 Å². The Labute approximate surface area is 245 Å². The van der Waals surface area contributed by atoms with Crippen LogP contribution >= 0.6 is 22.9 Å². The Bertz CT molecular complexity index is 1240. The fourth-order valence-corrected chi connectivity index (χ4v) is 6.32. The highest BCUT2D eigenvalue weighted by Crippen LogP contribution is 2.23. The number of nitrogens with zero attached hydrogens (tertiary/aromatic N) is 2. The van der Waals surface area contributed by atoms with Crippen molar-refractivity contribution in [1.82, 2.24) is 20.9 Å². The van der Waals surface area contributed by atoms with Gasteiger partial charge in [0.2, 0.25) is 11.8 Å². The summed E-state index contributed by atoms with van der Waals surface area (Å²) in [4.78, 5) is 32.4. The molecule has 0 spiro atoms. The predicted octanol–water partition coefficient (Wildman–Crippen LogP) is 3.86. The van der Waals surface area contributed by atoms with E-state index in [9.17, 15) is 9.59 Å². The maximum atomic E-state index is 13.7. The van der Waals surface area contributed by atoms with Gasteiger partial charge >= 0.3 is 0 Å². The molecule has 3 heterocycles. The first-order valence-electron chi connectivity index (χ1n) is 14.2. The number of carbonyl (C=O) groups is 2. The van der Waals surface area contributed by atoms with Crippen LogP contribution in [0.1, 0.15) is 28.8 Å². The van der Waals surface area contributed by atoms with Gasteiger partial charge in [0.05, 0.1) is 6.04 Å². The summed E-state index contributed by atoms with van der Waals surface area (Å²) in [6, 6.07) is 19.5. The van der Waals surface area contributed by atoms with Gasteiger partial charge < -0.3 is 25.8 Å². The first-order valence-corrected chi connectivity index (χ1v) is 15.5. The number of para-hydroxylation sites is 1. The molecule has 9 heteroatoms. The first-order chi connectivity index (χ1) is 19.6. The minimum absolute atomic E-state index is 0.0236. The topological polar surface area (TPSA) is 76.7 Å². The summed E-state index contributed by atoms with van der Waals surface area (Å²) in [6.07, 6.45) is 3.25. The van der Waals surface area contributed by atoms with E-state index in [1.54, 1.807) is 11.3 Å². The zero-order chi connectivity index (χ0) is 27.7. The zero-order valence-corrected chi connectivity index (χ0v) is 24.4. The Balaban J connectivity index is 1.19. The maximum absolute atomic E-state index is 13.7. The molecule has 1 unspecified atom stereocenters. The van der Waals surface area contributed by atoms with Crippen molar-refractivity contribution in [1.29, 1.82) is 0 Å². The largest absolute Gasteiger partial charge is 0.368 e. The molecule has 0 bridgehead atoms. The van der Waals surface area contributed by atoms with E-state index >= 15 is 0 Å². The fourth-order valence-electron chi connectivity index (χ4n) is 5.48. The monoisotopic (exact) mass is 579 g/mol. The molecular weight excluding hydrogens is 542 g/mol. The van der Waals surface area contributed by atoms with Crippen LogP contribution in [-0.4, -0.2) is 68.1 Å². The number of hydrogen-bond donors (Lipinski definition) is 3. The van der Waals surface area contributed by atoms with Gasteiger partial charge in [0.1, 0.15) is 6.04 Å². The number of benzene rings is 2. The molecule has 2 aliphatic heterocycles. The summed E-state index contributed by atoms with van der Waals surface area (Å²) in [7, 11) is 0. The molecule has 2 fully saturated rings. The highest BCUT2D eigenvalue weighted by Gasteiger charge is 2.32. The Kier molecular flexibility index (Phi) is 10.1. The van der Waals surface area contributed by atoms with E-state index in [1.165, 1.54) is 16.1 Å². The summed E-state index contributed by atoms with van der Waals surface area (Å²) < 4.78 is 0. The van der Waals surface area contributed by atoms with E-state index in [-0.39, 0.29) is 17.9 Å². The van der Waals surface area contributed by atoms with Crippen LogP contribution < -0.4 is 20.9 Å². The Morgan fingerprint density at radius 1 is 1.02 bits per heavy atom. The number of thiophene rings is 1. The molecular formula is C31H38ClN5O2S. The number of anilines is 1. The van der Waals surface area contributed by atoms with Crippen molar-refractivity contribution in [3.8, 4) is 0 Å². The van der Waals surface area contributed by atoms with E-state index in [0.717, 1.165) is 57.5 Å². The number of carbonyl (C=O) groups excluding carboxylic acids is 2. The third kappa shape index (κ3) is 7.63. The molecule has 3 aromatic rings. The van der Waals surface area contributed by atoms with Gasteiger partial charge in [0.25, 0.3) is 0 Å². The van der Waals surface area contributed by atoms with E-state index in [1.807, 2.05) is 29.2 Å². The minimum atomic E-state index is -0.609. The number of hydrogen-bond acceptors (Lipinski definition) is 6. The molecule has 0 saturated carbocycles. The van der Waals surface area contributed by atoms with Crippen LogP contribution in [0.2, 0.25) is 5.02 Å². The Morgan fingerprint density at radius 3 is 2.55 bits per heavy atom. The molecule has 2 aliphatic rings. The summed E-state index contributed by atoms with van der Waals surface area (Å²) in [5.74, 6) is -0.117. The molecule has 0 radical (unpaired) electrons.